The normalized spacial score (nSPS) is 25.3. The molecule has 2 N–H and O–H groups in total. The Bertz CT molecular complexity index is 346. The maximum Gasteiger partial charge on any atom is 0.237 e. The molecular weight excluding hydrogens is 290 g/mol. The number of likely N-dealkylation sites (tertiary alicyclic amines) is 1. The molecule has 2 fully saturated rings. The van der Waals surface area contributed by atoms with Gasteiger partial charge in [0.2, 0.25) is 11.8 Å². The van der Waals surface area contributed by atoms with E-state index < -0.39 is 0 Å². The van der Waals surface area contributed by atoms with Crippen LogP contribution < -0.4 is 10.6 Å². The highest BCUT2D eigenvalue weighted by atomic mass is 35.5. The standard InChI is InChI=1S/C15H27N3O2.ClH/c1-2-5-14(19)18-9-4-6-12(11-18)10-17-15(20)13-7-3-8-16-13;/h12-13,16H,2-11H2,1H3,(H,17,20);1H. The lowest BCUT2D eigenvalue weighted by molar-refractivity contribution is -0.133. The molecule has 2 heterocycles. The summed E-state index contributed by atoms with van der Waals surface area (Å²) in [7, 11) is 0. The lowest BCUT2D eigenvalue weighted by Gasteiger charge is -2.33. The first-order valence-corrected chi connectivity index (χ1v) is 7.99. The van der Waals surface area contributed by atoms with Crippen molar-refractivity contribution in [3.8, 4) is 0 Å². The molecule has 2 amide bonds. The van der Waals surface area contributed by atoms with Gasteiger partial charge in [-0.05, 0) is 44.6 Å². The van der Waals surface area contributed by atoms with Crippen molar-refractivity contribution in [2.24, 2.45) is 5.92 Å². The smallest absolute Gasteiger partial charge is 0.237 e. The van der Waals surface area contributed by atoms with Crippen LogP contribution in [0, 0.1) is 5.92 Å². The van der Waals surface area contributed by atoms with Gasteiger partial charge in [-0.1, -0.05) is 6.92 Å². The van der Waals surface area contributed by atoms with Crippen LogP contribution in [0.2, 0.25) is 0 Å². The van der Waals surface area contributed by atoms with Crippen molar-refractivity contribution in [2.75, 3.05) is 26.2 Å². The highest BCUT2D eigenvalue weighted by molar-refractivity contribution is 5.85. The van der Waals surface area contributed by atoms with Crippen LogP contribution in [0.5, 0.6) is 0 Å². The molecule has 0 aliphatic carbocycles. The number of carbonyl (C=O) groups excluding carboxylic acids is 2. The molecule has 0 aromatic heterocycles. The fourth-order valence-electron chi connectivity index (χ4n) is 3.11. The van der Waals surface area contributed by atoms with Crippen molar-refractivity contribution in [2.45, 2.75) is 51.5 Å². The number of rotatable bonds is 5. The number of halogens is 1. The summed E-state index contributed by atoms with van der Waals surface area (Å²) in [6.45, 7) is 5.37. The van der Waals surface area contributed by atoms with Crippen LogP contribution in [-0.2, 0) is 9.59 Å². The molecule has 2 saturated heterocycles. The van der Waals surface area contributed by atoms with Gasteiger partial charge in [-0.25, -0.2) is 0 Å². The third-order valence-electron chi connectivity index (χ3n) is 4.28. The fourth-order valence-corrected chi connectivity index (χ4v) is 3.11. The summed E-state index contributed by atoms with van der Waals surface area (Å²) in [6.07, 6.45) is 5.74. The van der Waals surface area contributed by atoms with E-state index in [9.17, 15) is 9.59 Å². The van der Waals surface area contributed by atoms with E-state index in [0.717, 1.165) is 51.7 Å². The van der Waals surface area contributed by atoms with Crippen molar-refractivity contribution < 1.29 is 9.59 Å². The average Bonchev–Trinajstić information content (AvgIpc) is 2.99. The van der Waals surface area contributed by atoms with Gasteiger partial charge in [0.05, 0.1) is 6.04 Å². The molecule has 2 rings (SSSR count). The van der Waals surface area contributed by atoms with Crippen molar-refractivity contribution in [1.82, 2.24) is 15.5 Å². The monoisotopic (exact) mass is 317 g/mol. The molecule has 122 valence electrons. The van der Waals surface area contributed by atoms with E-state index in [0.29, 0.717) is 18.9 Å². The summed E-state index contributed by atoms with van der Waals surface area (Å²) < 4.78 is 0. The molecule has 0 aromatic carbocycles. The van der Waals surface area contributed by atoms with Crippen LogP contribution >= 0.6 is 12.4 Å². The third-order valence-corrected chi connectivity index (χ3v) is 4.28. The van der Waals surface area contributed by atoms with Gasteiger partial charge in [0.25, 0.3) is 0 Å². The molecule has 0 bridgehead atoms. The molecule has 0 aromatic rings. The minimum absolute atomic E-state index is 0. The van der Waals surface area contributed by atoms with E-state index in [1.54, 1.807) is 0 Å². The fraction of sp³-hybridized carbons (Fsp3) is 0.867. The molecule has 0 radical (unpaired) electrons. The van der Waals surface area contributed by atoms with Crippen LogP contribution in [0.15, 0.2) is 0 Å². The Morgan fingerprint density at radius 1 is 1.29 bits per heavy atom. The number of nitrogens with zero attached hydrogens (tertiary/aromatic N) is 1. The van der Waals surface area contributed by atoms with Gasteiger partial charge >= 0.3 is 0 Å². The Morgan fingerprint density at radius 2 is 2.10 bits per heavy atom. The first-order chi connectivity index (χ1) is 9.70. The Hall–Kier alpha value is -0.810. The number of hydrogen-bond donors (Lipinski definition) is 2. The largest absolute Gasteiger partial charge is 0.354 e. The summed E-state index contributed by atoms with van der Waals surface area (Å²) in [4.78, 5) is 25.8. The second-order valence-corrected chi connectivity index (χ2v) is 5.99. The number of piperidine rings is 1. The Kier molecular flexibility index (Phi) is 8.04. The molecule has 21 heavy (non-hydrogen) atoms. The molecule has 6 heteroatoms. The maximum atomic E-state index is 12.0. The molecule has 2 aliphatic heterocycles. The van der Waals surface area contributed by atoms with Gasteiger partial charge in [0.15, 0.2) is 0 Å². The second kappa shape index (κ2) is 9.26. The van der Waals surface area contributed by atoms with Gasteiger partial charge in [-0.2, -0.15) is 0 Å². The van der Waals surface area contributed by atoms with E-state index in [1.807, 2.05) is 11.8 Å². The first-order valence-electron chi connectivity index (χ1n) is 7.99. The van der Waals surface area contributed by atoms with Gasteiger partial charge in [0, 0.05) is 26.1 Å². The lowest BCUT2D eigenvalue weighted by atomic mass is 9.97. The molecule has 0 saturated carbocycles. The summed E-state index contributed by atoms with van der Waals surface area (Å²) in [5.41, 5.74) is 0. The van der Waals surface area contributed by atoms with Crippen LogP contribution in [0.25, 0.3) is 0 Å². The predicted octanol–water partition coefficient (Wildman–Crippen LogP) is 1.32. The average molecular weight is 318 g/mol. The minimum atomic E-state index is -0.00332. The first kappa shape index (κ1) is 18.2. The van der Waals surface area contributed by atoms with Gasteiger partial charge in [-0.3, -0.25) is 9.59 Å². The SMILES string of the molecule is CCCC(=O)N1CCCC(CNC(=O)C2CCCN2)C1.Cl. The number of carbonyl (C=O) groups is 2. The molecule has 0 spiro atoms. The molecule has 2 unspecified atom stereocenters. The van der Waals surface area contributed by atoms with Crippen molar-refractivity contribution >= 4 is 24.2 Å². The van der Waals surface area contributed by atoms with Crippen LogP contribution in [0.1, 0.15) is 45.4 Å². The summed E-state index contributed by atoms with van der Waals surface area (Å²) in [5.74, 6) is 0.801. The van der Waals surface area contributed by atoms with Crippen LogP contribution in [-0.4, -0.2) is 48.9 Å². The molecular formula is C15H28ClN3O2. The van der Waals surface area contributed by atoms with E-state index >= 15 is 0 Å². The second-order valence-electron chi connectivity index (χ2n) is 5.99. The number of hydrogen-bond acceptors (Lipinski definition) is 3. The zero-order chi connectivity index (χ0) is 14.4. The molecule has 2 atom stereocenters. The molecule has 2 aliphatic rings. The highest BCUT2D eigenvalue weighted by Gasteiger charge is 2.25. The predicted molar refractivity (Wildman–Crippen MR) is 85.5 cm³/mol. The topological polar surface area (TPSA) is 61.4 Å². The summed E-state index contributed by atoms with van der Waals surface area (Å²) in [6, 6.07) is -0.00332. The van der Waals surface area contributed by atoms with Crippen LogP contribution in [0.3, 0.4) is 0 Å². The summed E-state index contributed by atoms with van der Waals surface area (Å²) in [5, 5.41) is 6.26. The lowest BCUT2D eigenvalue weighted by Crippen LogP contribution is -2.46. The zero-order valence-corrected chi connectivity index (χ0v) is 13.7. The zero-order valence-electron chi connectivity index (χ0n) is 12.9. The van der Waals surface area contributed by atoms with E-state index in [4.69, 9.17) is 0 Å². The minimum Gasteiger partial charge on any atom is -0.354 e. The van der Waals surface area contributed by atoms with Gasteiger partial charge in [-0.15, -0.1) is 12.4 Å². The summed E-state index contributed by atoms with van der Waals surface area (Å²) >= 11 is 0. The highest BCUT2D eigenvalue weighted by Crippen LogP contribution is 2.17. The third kappa shape index (κ3) is 5.47. The van der Waals surface area contributed by atoms with Crippen molar-refractivity contribution in [3.63, 3.8) is 0 Å². The number of amides is 2. The van der Waals surface area contributed by atoms with Gasteiger partial charge < -0.3 is 15.5 Å². The number of nitrogens with one attached hydrogen (secondary N) is 2. The van der Waals surface area contributed by atoms with E-state index in [1.165, 1.54) is 0 Å². The van der Waals surface area contributed by atoms with E-state index in [2.05, 4.69) is 10.6 Å². The van der Waals surface area contributed by atoms with Gasteiger partial charge in [0.1, 0.15) is 0 Å². The maximum absolute atomic E-state index is 12.0. The Labute approximate surface area is 133 Å². The Balaban J connectivity index is 0.00000220. The quantitative estimate of drug-likeness (QED) is 0.804. The van der Waals surface area contributed by atoms with Crippen LogP contribution in [0.4, 0.5) is 0 Å². The van der Waals surface area contributed by atoms with Crippen molar-refractivity contribution in [3.05, 3.63) is 0 Å². The Morgan fingerprint density at radius 3 is 2.76 bits per heavy atom. The van der Waals surface area contributed by atoms with E-state index in [-0.39, 0.29) is 30.3 Å². The molecule has 5 nitrogen and oxygen atoms in total. The van der Waals surface area contributed by atoms with Crippen molar-refractivity contribution in [1.29, 1.82) is 0 Å².